The number of hydrogen-bond acceptors (Lipinski definition) is 4. The van der Waals surface area contributed by atoms with Crippen LogP contribution in [0.15, 0.2) is 0 Å². The Balaban J connectivity index is 2.04. The molecule has 1 heterocycles. The van der Waals surface area contributed by atoms with Gasteiger partial charge in [-0.15, -0.1) is 13.2 Å². The Labute approximate surface area is 67.4 Å². The van der Waals surface area contributed by atoms with Crippen LogP contribution in [-0.4, -0.2) is 31.1 Å². The second kappa shape index (κ2) is 3.56. The second-order valence-corrected chi connectivity index (χ2v) is 2.66. The van der Waals surface area contributed by atoms with Gasteiger partial charge in [-0.25, -0.2) is 5.01 Å². The number of nitrogens with one attached hydrogen (secondary N) is 1. The normalized spacial score (nSPS) is 21.0. The number of hydrogen-bond donors (Lipinski definition) is 2. The van der Waals surface area contributed by atoms with Gasteiger partial charge in [0.1, 0.15) is 0 Å². The van der Waals surface area contributed by atoms with Crippen molar-refractivity contribution in [3.8, 4) is 0 Å². The van der Waals surface area contributed by atoms with E-state index >= 15 is 0 Å². The van der Waals surface area contributed by atoms with Crippen LogP contribution in [0.1, 0.15) is 0 Å². The summed E-state index contributed by atoms with van der Waals surface area (Å²) < 4.78 is 38.1. The van der Waals surface area contributed by atoms with E-state index in [9.17, 15) is 13.2 Å². The maximum absolute atomic E-state index is 11.5. The molecule has 0 amide bonds. The maximum atomic E-state index is 11.5. The van der Waals surface area contributed by atoms with Crippen molar-refractivity contribution >= 4 is 0 Å². The first-order chi connectivity index (χ1) is 5.51. The highest BCUT2D eigenvalue weighted by Crippen LogP contribution is 2.20. The van der Waals surface area contributed by atoms with Gasteiger partial charge in [0, 0.05) is 19.0 Å². The van der Waals surface area contributed by atoms with Crippen LogP contribution in [0.4, 0.5) is 13.2 Å². The van der Waals surface area contributed by atoms with Gasteiger partial charge in [0.2, 0.25) is 0 Å². The molecule has 0 bridgehead atoms. The number of rotatable bonds is 3. The molecule has 1 saturated heterocycles. The summed E-state index contributed by atoms with van der Waals surface area (Å²) in [5, 5.41) is 1.60. The highest BCUT2D eigenvalue weighted by Gasteiger charge is 2.34. The van der Waals surface area contributed by atoms with E-state index in [1.54, 1.807) is 5.01 Å². The van der Waals surface area contributed by atoms with Crippen molar-refractivity contribution in [3.63, 3.8) is 0 Å². The monoisotopic (exact) mass is 185 g/mol. The maximum Gasteiger partial charge on any atom is 0.522 e. The van der Waals surface area contributed by atoms with Gasteiger partial charge in [-0.3, -0.25) is 10.6 Å². The number of ether oxygens (including phenoxy) is 1. The Morgan fingerprint density at radius 1 is 1.50 bits per heavy atom. The van der Waals surface area contributed by atoms with Crippen LogP contribution in [0, 0.1) is 5.92 Å². The van der Waals surface area contributed by atoms with Crippen molar-refractivity contribution < 1.29 is 17.9 Å². The number of halogens is 3. The largest absolute Gasteiger partial charge is 0.522 e. The molecule has 1 aliphatic rings. The van der Waals surface area contributed by atoms with Crippen molar-refractivity contribution in [2.24, 2.45) is 11.8 Å². The highest BCUT2D eigenvalue weighted by molar-refractivity contribution is 4.75. The van der Waals surface area contributed by atoms with Gasteiger partial charge in [0.25, 0.3) is 0 Å². The lowest BCUT2D eigenvalue weighted by Gasteiger charge is -2.37. The molecule has 0 aromatic heterocycles. The van der Waals surface area contributed by atoms with Gasteiger partial charge in [-0.2, -0.15) is 5.53 Å². The number of nitrogens with zero attached hydrogens (tertiary/aromatic N) is 1. The van der Waals surface area contributed by atoms with Crippen LogP contribution in [0.5, 0.6) is 0 Å². The standard InChI is InChI=1S/C5H10F3N3O/c6-5(7,8)12-3-4-1-11(2-4)10-9/h4,10H,1-3,9H2. The zero-order valence-electron chi connectivity index (χ0n) is 6.27. The minimum Gasteiger partial charge on any atom is -0.292 e. The SMILES string of the molecule is NNN1CC(COC(F)(F)F)C1. The summed E-state index contributed by atoms with van der Waals surface area (Å²) in [5.41, 5.74) is 2.33. The molecular weight excluding hydrogens is 175 g/mol. The smallest absolute Gasteiger partial charge is 0.292 e. The molecule has 3 N–H and O–H groups in total. The quantitative estimate of drug-likeness (QED) is 0.473. The zero-order valence-corrected chi connectivity index (χ0v) is 6.27. The average molecular weight is 185 g/mol. The third-order valence-corrected chi connectivity index (χ3v) is 1.62. The summed E-state index contributed by atoms with van der Waals surface area (Å²) in [7, 11) is 0. The zero-order chi connectivity index (χ0) is 9.19. The lowest BCUT2D eigenvalue weighted by atomic mass is 10.0. The second-order valence-electron chi connectivity index (χ2n) is 2.66. The Hall–Kier alpha value is -0.370. The van der Waals surface area contributed by atoms with Gasteiger partial charge in [0.15, 0.2) is 0 Å². The van der Waals surface area contributed by atoms with Crippen molar-refractivity contribution in [1.29, 1.82) is 0 Å². The molecular formula is C5H10F3N3O. The fourth-order valence-electron chi connectivity index (χ4n) is 0.993. The highest BCUT2D eigenvalue weighted by atomic mass is 19.4. The minimum atomic E-state index is -4.52. The first-order valence-corrected chi connectivity index (χ1v) is 3.43. The molecule has 1 rings (SSSR count). The number of hydrazine groups is 2. The molecule has 0 aliphatic carbocycles. The Morgan fingerprint density at radius 2 is 2.08 bits per heavy atom. The van der Waals surface area contributed by atoms with Crippen LogP contribution in [0.25, 0.3) is 0 Å². The topological polar surface area (TPSA) is 50.5 Å². The number of alkyl halides is 3. The molecule has 0 unspecified atom stereocenters. The lowest BCUT2D eigenvalue weighted by molar-refractivity contribution is -0.331. The summed E-state index contributed by atoms with van der Waals surface area (Å²) in [5.74, 6) is 4.91. The molecule has 0 atom stereocenters. The fourth-order valence-corrected chi connectivity index (χ4v) is 0.993. The third-order valence-electron chi connectivity index (χ3n) is 1.62. The molecule has 0 radical (unpaired) electrons. The summed E-state index contributed by atoms with van der Waals surface area (Å²) in [6, 6.07) is 0. The van der Waals surface area contributed by atoms with E-state index in [-0.39, 0.29) is 12.5 Å². The molecule has 4 nitrogen and oxygen atoms in total. The van der Waals surface area contributed by atoms with Gasteiger partial charge in [-0.05, 0) is 0 Å². The summed E-state index contributed by atoms with van der Waals surface area (Å²) in [6.45, 7) is 0.695. The van der Waals surface area contributed by atoms with E-state index < -0.39 is 6.36 Å². The van der Waals surface area contributed by atoms with Crippen LogP contribution in [-0.2, 0) is 4.74 Å². The molecule has 12 heavy (non-hydrogen) atoms. The Morgan fingerprint density at radius 3 is 2.50 bits per heavy atom. The fraction of sp³-hybridized carbons (Fsp3) is 1.00. The molecule has 7 heteroatoms. The molecule has 1 aliphatic heterocycles. The van der Waals surface area contributed by atoms with E-state index in [0.717, 1.165) is 0 Å². The first kappa shape index (κ1) is 9.72. The minimum absolute atomic E-state index is 0.0809. The third kappa shape index (κ3) is 2.94. The molecule has 1 fully saturated rings. The predicted molar refractivity (Wildman–Crippen MR) is 34.4 cm³/mol. The van der Waals surface area contributed by atoms with Crippen LogP contribution in [0.3, 0.4) is 0 Å². The van der Waals surface area contributed by atoms with Crippen molar-refractivity contribution in [2.75, 3.05) is 19.7 Å². The summed E-state index contributed by atoms with van der Waals surface area (Å²) >= 11 is 0. The number of nitrogens with two attached hydrogens (primary N) is 1. The van der Waals surface area contributed by atoms with Crippen molar-refractivity contribution in [2.45, 2.75) is 6.36 Å². The Bertz CT molecular complexity index is 145. The van der Waals surface area contributed by atoms with E-state index in [4.69, 9.17) is 5.84 Å². The molecule has 0 aromatic rings. The summed E-state index contributed by atoms with van der Waals surface area (Å²) in [4.78, 5) is 0. The van der Waals surface area contributed by atoms with Crippen LogP contribution >= 0.6 is 0 Å². The van der Waals surface area contributed by atoms with E-state index in [2.05, 4.69) is 10.3 Å². The van der Waals surface area contributed by atoms with Crippen LogP contribution in [0.2, 0.25) is 0 Å². The van der Waals surface area contributed by atoms with E-state index in [0.29, 0.717) is 13.1 Å². The van der Waals surface area contributed by atoms with Gasteiger partial charge >= 0.3 is 6.36 Å². The van der Waals surface area contributed by atoms with Crippen molar-refractivity contribution in [1.82, 2.24) is 10.5 Å². The molecule has 0 spiro atoms. The van der Waals surface area contributed by atoms with E-state index in [1.807, 2.05) is 0 Å². The van der Waals surface area contributed by atoms with Crippen LogP contribution < -0.4 is 11.4 Å². The first-order valence-electron chi connectivity index (χ1n) is 3.43. The molecule has 72 valence electrons. The lowest BCUT2D eigenvalue weighted by Crippen LogP contribution is -2.58. The van der Waals surface area contributed by atoms with Gasteiger partial charge in [-0.1, -0.05) is 0 Å². The van der Waals surface area contributed by atoms with Crippen molar-refractivity contribution in [3.05, 3.63) is 0 Å². The molecule has 0 saturated carbocycles. The Kier molecular flexibility index (Phi) is 2.89. The summed E-state index contributed by atoms with van der Waals surface area (Å²) in [6.07, 6.45) is -4.52. The van der Waals surface area contributed by atoms with E-state index in [1.165, 1.54) is 0 Å². The predicted octanol–water partition coefficient (Wildman–Crippen LogP) is -0.167. The van der Waals surface area contributed by atoms with Gasteiger partial charge in [0.05, 0.1) is 6.61 Å². The average Bonchev–Trinajstić information content (AvgIpc) is 1.82. The molecule has 0 aromatic carbocycles. The van der Waals surface area contributed by atoms with Gasteiger partial charge < -0.3 is 0 Å².